The molecule has 1 aromatic rings. The SMILES string of the molecule is Cc1ccccc1C=NC=O. The average Bonchev–Trinajstić information content (AvgIpc) is 2.03. The van der Waals surface area contributed by atoms with Crippen molar-refractivity contribution in [3.63, 3.8) is 0 Å². The molecule has 0 atom stereocenters. The lowest BCUT2D eigenvalue weighted by molar-refractivity contribution is -0.106. The van der Waals surface area contributed by atoms with Crippen LogP contribution in [0.1, 0.15) is 11.1 Å². The Morgan fingerprint density at radius 3 is 2.73 bits per heavy atom. The van der Waals surface area contributed by atoms with E-state index in [4.69, 9.17) is 0 Å². The molecule has 11 heavy (non-hydrogen) atoms. The number of aliphatic imine (C=N–C) groups is 1. The summed E-state index contributed by atoms with van der Waals surface area (Å²) < 4.78 is 0. The Morgan fingerprint density at radius 1 is 1.36 bits per heavy atom. The van der Waals surface area contributed by atoms with Crippen molar-refractivity contribution in [3.05, 3.63) is 35.4 Å². The van der Waals surface area contributed by atoms with Crippen LogP contribution >= 0.6 is 0 Å². The molecule has 0 saturated carbocycles. The first-order chi connectivity index (χ1) is 5.34. The standard InChI is InChI=1S/C9H9NO/c1-8-4-2-3-5-9(8)6-10-7-11/h2-7H,1H3. The van der Waals surface area contributed by atoms with Crippen LogP contribution in [0.2, 0.25) is 0 Å². The maximum absolute atomic E-state index is 9.89. The molecule has 0 N–H and O–H groups in total. The third-order valence-corrected chi connectivity index (χ3v) is 1.46. The second-order valence-electron chi connectivity index (χ2n) is 2.24. The zero-order valence-electron chi connectivity index (χ0n) is 6.32. The number of nitrogens with zero attached hydrogens (tertiary/aromatic N) is 1. The number of benzene rings is 1. The van der Waals surface area contributed by atoms with Crippen LogP contribution in [0.4, 0.5) is 0 Å². The lowest BCUT2D eigenvalue weighted by Crippen LogP contribution is -1.85. The van der Waals surface area contributed by atoms with Crippen LogP contribution in [0, 0.1) is 6.92 Å². The van der Waals surface area contributed by atoms with Crippen molar-refractivity contribution in [2.75, 3.05) is 0 Å². The lowest BCUT2D eigenvalue weighted by atomic mass is 10.1. The number of carbonyl (C=O) groups is 1. The Morgan fingerprint density at radius 2 is 2.09 bits per heavy atom. The van der Waals surface area contributed by atoms with Crippen molar-refractivity contribution in [2.45, 2.75) is 6.92 Å². The zero-order chi connectivity index (χ0) is 8.10. The molecule has 0 aliphatic rings. The van der Waals surface area contributed by atoms with Crippen molar-refractivity contribution in [3.8, 4) is 0 Å². The van der Waals surface area contributed by atoms with Gasteiger partial charge in [0, 0.05) is 6.21 Å². The van der Waals surface area contributed by atoms with Crippen LogP contribution in [-0.4, -0.2) is 12.6 Å². The summed E-state index contributed by atoms with van der Waals surface area (Å²) in [5, 5.41) is 0. The molecule has 1 rings (SSSR count). The molecule has 0 radical (unpaired) electrons. The first-order valence-electron chi connectivity index (χ1n) is 3.37. The van der Waals surface area contributed by atoms with Gasteiger partial charge in [-0.2, -0.15) is 0 Å². The van der Waals surface area contributed by atoms with Crippen molar-refractivity contribution in [2.24, 2.45) is 4.99 Å². The van der Waals surface area contributed by atoms with E-state index in [9.17, 15) is 4.79 Å². The zero-order valence-corrected chi connectivity index (χ0v) is 6.32. The van der Waals surface area contributed by atoms with Gasteiger partial charge in [-0.15, -0.1) is 0 Å². The first kappa shape index (κ1) is 7.66. The Bertz CT molecular complexity index is 279. The minimum absolute atomic E-state index is 0.534. The molecule has 2 heteroatoms. The van der Waals surface area contributed by atoms with Crippen LogP contribution in [-0.2, 0) is 4.79 Å². The van der Waals surface area contributed by atoms with Gasteiger partial charge in [-0.05, 0) is 18.1 Å². The molecule has 1 amide bonds. The molecule has 1 aromatic carbocycles. The topological polar surface area (TPSA) is 29.4 Å². The summed E-state index contributed by atoms with van der Waals surface area (Å²) in [6.07, 6.45) is 2.09. The summed E-state index contributed by atoms with van der Waals surface area (Å²) in [6.45, 7) is 1.98. The molecule has 0 heterocycles. The number of hydrogen-bond acceptors (Lipinski definition) is 1. The van der Waals surface area contributed by atoms with Gasteiger partial charge in [-0.1, -0.05) is 24.3 Å². The van der Waals surface area contributed by atoms with Crippen molar-refractivity contribution in [1.82, 2.24) is 0 Å². The minimum Gasteiger partial charge on any atom is -0.276 e. The molecule has 56 valence electrons. The van der Waals surface area contributed by atoms with Crippen LogP contribution < -0.4 is 0 Å². The van der Waals surface area contributed by atoms with Crippen LogP contribution in [0.5, 0.6) is 0 Å². The molecule has 2 nitrogen and oxygen atoms in total. The largest absolute Gasteiger partial charge is 0.276 e. The van der Waals surface area contributed by atoms with Crippen molar-refractivity contribution in [1.29, 1.82) is 0 Å². The van der Waals surface area contributed by atoms with E-state index in [0.29, 0.717) is 6.41 Å². The first-order valence-corrected chi connectivity index (χ1v) is 3.37. The molecule has 0 fully saturated rings. The van der Waals surface area contributed by atoms with Gasteiger partial charge in [0.2, 0.25) is 6.41 Å². The van der Waals surface area contributed by atoms with Gasteiger partial charge in [0.1, 0.15) is 0 Å². The third-order valence-electron chi connectivity index (χ3n) is 1.46. The van der Waals surface area contributed by atoms with Crippen molar-refractivity contribution < 1.29 is 4.79 Å². The summed E-state index contributed by atoms with van der Waals surface area (Å²) in [4.78, 5) is 13.4. The average molecular weight is 147 g/mol. The molecule has 0 aromatic heterocycles. The number of aryl methyl sites for hydroxylation is 1. The predicted molar refractivity (Wildman–Crippen MR) is 44.8 cm³/mol. The second kappa shape index (κ2) is 3.66. The highest BCUT2D eigenvalue weighted by Crippen LogP contribution is 2.02. The predicted octanol–water partition coefficient (Wildman–Crippen LogP) is 1.57. The number of carbonyl (C=O) groups excluding carboxylic acids is 1. The van der Waals surface area contributed by atoms with E-state index in [1.807, 2.05) is 31.2 Å². The molecule has 0 aliphatic heterocycles. The Hall–Kier alpha value is -1.44. The highest BCUT2D eigenvalue weighted by Gasteiger charge is 1.89. The lowest BCUT2D eigenvalue weighted by Gasteiger charge is -1.95. The van der Waals surface area contributed by atoms with Crippen LogP contribution in [0.25, 0.3) is 0 Å². The van der Waals surface area contributed by atoms with E-state index in [0.717, 1.165) is 11.1 Å². The molecule has 0 bridgehead atoms. The van der Waals surface area contributed by atoms with E-state index in [1.165, 1.54) is 0 Å². The summed E-state index contributed by atoms with van der Waals surface area (Å²) in [5.41, 5.74) is 2.11. The summed E-state index contributed by atoms with van der Waals surface area (Å²) in [5.74, 6) is 0. The van der Waals surface area contributed by atoms with Gasteiger partial charge in [-0.25, -0.2) is 4.99 Å². The summed E-state index contributed by atoms with van der Waals surface area (Å²) >= 11 is 0. The number of amides is 1. The Balaban J connectivity index is 2.94. The fraction of sp³-hybridized carbons (Fsp3) is 0.111. The molecular weight excluding hydrogens is 138 g/mol. The Labute approximate surface area is 65.6 Å². The van der Waals surface area contributed by atoms with Crippen molar-refractivity contribution >= 4 is 12.6 Å². The molecule has 0 spiro atoms. The van der Waals surface area contributed by atoms with Gasteiger partial charge in [0.05, 0.1) is 0 Å². The van der Waals surface area contributed by atoms with Gasteiger partial charge < -0.3 is 0 Å². The van der Waals surface area contributed by atoms with E-state index >= 15 is 0 Å². The molecular formula is C9H9NO. The number of hydrogen-bond donors (Lipinski definition) is 0. The summed E-state index contributed by atoms with van der Waals surface area (Å²) in [6, 6.07) is 7.77. The normalized spacial score (nSPS) is 10.3. The van der Waals surface area contributed by atoms with Gasteiger partial charge in [0.15, 0.2) is 0 Å². The van der Waals surface area contributed by atoms with Gasteiger partial charge in [-0.3, -0.25) is 4.79 Å². The smallest absolute Gasteiger partial charge is 0.232 e. The summed E-state index contributed by atoms with van der Waals surface area (Å²) in [7, 11) is 0. The van der Waals surface area contributed by atoms with Crippen LogP contribution in [0.3, 0.4) is 0 Å². The fourth-order valence-electron chi connectivity index (χ4n) is 0.842. The van der Waals surface area contributed by atoms with E-state index in [2.05, 4.69) is 4.99 Å². The number of rotatable bonds is 2. The highest BCUT2D eigenvalue weighted by atomic mass is 16.1. The maximum Gasteiger partial charge on any atom is 0.232 e. The van der Waals surface area contributed by atoms with E-state index < -0.39 is 0 Å². The van der Waals surface area contributed by atoms with Gasteiger partial charge in [0.25, 0.3) is 0 Å². The monoisotopic (exact) mass is 147 g/mol. The molecule has 0 saturated heterocycles. The van der Waals surface area contributed by atoms with E-state index in [1.54, 1.807) is 6.21 Å². The molecule has 0 unspecified atom stereocenters. The van der Waals surface area contributed by atoms with Gasteiger partial charge >= 0.3 is 0 Å². The Kier molecular flexibility index (Phi) is 2.55. The highest BCUT2D eigenvalue weighted by molar-refractivity contribution is 5.86. The quantitative estimate of drug-likeness (QED) is 0.461. The van der Waals surface area contributed by atoms with Crippen LogP contribution in [0.15, 0.2) is 29.3 Å². The second-order valence-corrected chi connectivity index (χ2v) is 2.24. The minimum atomic E-state index is 0.534. The molecule has 0 aliphatic carbocycles. The van der Waals surface area contributed by atoms with E-state index in [-0.39, 0.29) is 0 Å². The fourth-order valence-corrected chi connectivity index (χ4v) is 0.842. The third kappa shape index (κ3) is 2.00. The maximum atomic E-state index is 9.89.